The standard InChI is InChI=1S/C17H20BrN3O3/c1-22-13-6-4-12(5-7-13)21-17(19)20-10-11-8-15(23-2)16(24-3)9-14(11)18/h4-9H,10H2,1-3H3,(H3,19,20,21). The van der Waals surface area contributed by atoms with E-state index in [2.05, 4.69) is 26.2 Å². The number of rotatable bonds is 6. The molecule has 24 heavy (non-hydrogen) atoms. The zero-order valence-corrected chi connectivity index (χ0v) is 15.4. The highest BCUT2D eigenvalue weighted by Gasteiger charge is 2.09. The monoisotopic (exact) mass is 393 g/mol. The lowest BCUT2D eigenvalue weighted by atomic mass is 10.2. The van der Waals surface area contributed by atoms with Crippen LogP contribution in [0.2, 0.25) is 0 Å². The largest absolute Gasteiger partial charge is 0.497 e. The molecule has 0 amide bonds. The van der Waals surface area contributed by atoms with E-state index in [1.165, 1.54) is 0 Å². The number of nitrogens with two attached hydrogens (primary N) is 1. The number of guanidine groups is 1. The number of hydrogen-bond acceptors (Lipinski definition) is 4. The highest BCUT2D eigenvalue weighted by molar-refractivity contribution is 9.10. The first-order valence-electron chi connectivity index (χ1n) is 7.18. The van der Waals surface area contributed by atoms with Gasteiger partial charge in [-0.05, 0) is 42.0 Å². The third-order valence-corrected chi connectivity index (χ3v) is 4.07. The first-order chi connectivity index (χ1) is 11.6. The van der Waals surface area contributed by atoms with E-state index in [1.807, 2.05) is 36.4 Å². The van der Waals surface area contributed by atoms with Gasteiger partial charge in [-0.3, -0.25) is 0 Å². The van der Waals surface area contributed by atoms with Crippen LogP contribution in [0, 0.1) is 0 Å². The van der Waals surface area contributed by atoms with E-state index in [-0.39, 0.29) is 0 Å². The zero-order chi connectivity index (χ0) is 17.5. The summed E-state index contributed by atoms with van der Waals surface area (Å²) in [5.41, 5.74) is 7.71. The van der Waals surface area contributed by atoms with E-state index < -0.39 is 0 Å². The van der Waals surface area contributed by atoms with Gasteiger partial charge in [-0.1, -0.05) is 15.9 Å². The Morgan fingerprint density at radius 3 is 2.25 bits per heavy atom. The van der Waals surface area contributed by atoms with E-state index in [4.69, 9.17) is 19.9 Å². The summed E-state index contributed by atoms with van der Waals surface area (Å²) >= 11 is 3.50. The van der Waals surface area contributed by atoms with Gasteiger partial charge in [-0.2, -0.15) is 0 Å². The van der Waals surface area contributed by atoms with Gasteiger partial charge in [0.2, 0.25) is 0 Å². The van der Waals surface area contributed by atoms with Crippen LogP contribution in [0.25, 0.3) is 0 Å². The van der Waals surface area contributed by atoms with Gasteiger partial charge >= 0.3 is 0 Å². The van der Waals surface area contributed by atoms with Crippen LogP contribution in [0.5, 0.6) is 17.2 Å². The summed E-state index contributed by atoms with van der Waals surface area (Å²) in [6, 6.07) is 11.1. The summed E-state index contributed by atoms with van der Waals surface area (Å²) in [6.07, 6.45) is 0. The fraction of sp³-hybridized carbons (Fsp3) is 0.235. The third-order valence-electron chi connectivity index (χ3n) is 3.33. The van der Waals surface area contributed by atoms with Crippen molar-refractivity contribution >= 4 is 27.6 Å². The quantitative estimate of drug-likeness (QED) is 0.580. The van der Waals surface area contributed by atoms with Crippen molar-refractivity contribution in [3.63, 3.8) is 0 Å². The molecule has 7 heteroatoms. The normalized spacial score (nSPS) is 11.1. The molecular formula is C17H20BrN3O3. The first kappa shape index (κ1) is 17.9. The minimum Gasteiger partial charge on any atom is -0.497 e. The van der Waals surface area contributed by atoms with E-state index in [1.54, 1.807) is 21.3 Å². The number of nitrogens with one attached hydrogen (secondary N) is 1. The molecular weight excluding hydrogens is 374 g/mol. The molecule has 0 bridgehead atoms. The van der Waals surface area contributed by atoms with Crippen molar-refractivity contribution in [1.29, 1.82) is 0 Å². The van der Waals surface area contributed by atoms with Crippen molar-refractivity contribution in [2.45, 2.75) is 6.54 Å². The number of halogens is 1. The van der Waals surface area contributed by atoms with Crippen LogP contribution in [-0.4, -0.2) is 27.3 Å². The maximum absolute atomic E-state index is 5.94. The minimum atomic E-state index is 0.321. The molecule has 0 saturated carbocycles. The summed E-state index contributed by atoms with van der Waals surface area (Å²) in [6.45, 7) is 0.399. The molecule has 0 aliphatic carbocycles. The molecule has 0 heterocycles. The van der Waals surface area contributed by atoms with Crippen LogP contribution in [0.1, 0.15) is 5.56 Å². The lowest BCUT2D eigenvalue weighted by Crippen LogP contribution is -2.22. The number of anilines is 1. The van der Waals surface area contributed by atoms with E-state index >= 15 is 0 Å². The van der Waals surface area contributed by atoms with Crippen LogP contribution in [0.4, 0.5) is 5.69 Å². The van der Waals surface area contributed by atoms with E-state index in [0.29, 0.717) is 24.0 Å². The Bertz CT molecular complexity index is 718. The van der Waals surface area contributed by atoms with Gasteiger partial charge in [0.25, 0.3) is 0 Å². The van der Waals surface area contributed by atoms with Gasteiger partial charge in [-0.25, -0.2) is 4.99 Å². The predicted octanol–water partition coefficient (Wildman–Crippen LogP) is 3.40. The van der Waals surface area contributed by atoms with Crippen LogP contribution in [0.3, 0.4) is 0 Å². The summed E-state index contributed by atoms with van der Waals surface area (Å²) < 4.78 is 16.6. The molecule has 2 aromatic rings. The molecule has 0 aliphatic rings. The summed E-state index contributed by atoms with van der Waals surface area (Å²) in [4.78, 5) is 4.35. The molecule has 128 valence electrons. The zero-order valence-electron chi connectivity index (χ0n) is 13.8. The molecule has 0 aromatic heterocycles. The van der Waals surface area contributed by atoms with Crippen molar-refractivity contribution in [3.05, 3.63) is 46.4 Å². The maximum Gasteiger partial charge on any atom is 0.193 e. The fourth-order valence-electron chi connectivity index (χ4n) is 2.05. The van der Waals surface area contributed by atoms with Gasteiger partial charge in [0.05, 0.1) is 27.9 Å². The molecule has 2 rings (SSSR count). The molecule has 3 N–H and O–H groups in total. The maximum atomic E-state index is 5.94. The summed E-state index contributed by atoms with van der Waals surface area (Å²) in [5.74, 6) is 2.40. The number of aliphatic imine (C=N–C) groups is 1. The molecule has 6 nitrogen and oxygen atoms in total. The Balaban J connectivity index is 2.08. The molecule has 0 unspecified atom stereocenters. The second-order valence-electron chi connectivity index (χ2n) is 4.85. The second kappa shape index (κ2) is 8.44. The van der Waals surface area contributed by atoms with E-state index in [0.717, 1.165) is 21.5 Å². The van der Waals surface area contributed by atoms with Crippen molar-refractivity contribution in [1.82, 2.24) is 0 Å². The van der Waals surface area contributed by atoms with Crippen molar-refractivity contribution in [3.8, 4) is 17.2 Å². The van der Waals surface area contributed by atoms with Crippen LogP contribution in [-0.2, 0) is 6.54 Å². The predicted molar refractivity (Wildman–Crippen MR) is 99.2 cm³/mol. The number of benzene rings is 2. The Morgan fingerprint density at radius 1 is 1.04 bits per heavy atom. The number of hydrogen-bond donors (Lipinski definition) is 2. The Morgan fingerprint density at radius 2 is 1.67 bits per heavy atom. The summed E-state index contributed by atoms with van der Waals surface area (Å²) in [5, 5.41) is 3.04. The van der Waals surface area contributed by atoms with Gasteiger partial charge in [0.1, 0.15) is 5.75 Å². The van der Waals surface area contributed by atoms with Gasteiger partial charge in [0, 0.05) is 10.2 Å². The van der Waals surface area contributed by atoms with Crippen LogP contribution >= 0.6 is 15.9 Å². The average molecular weight is 394 g/mol. The lowest BCUT2D eigenvalue weighted by molar-refractivity contribution is 0.354. The molecule has 0 fully saturated rings. The number of methoxy groups -OCH3 is 3. The van der Waals surface area contributed by atoms with E-state index in [9.17, 15) is 0 Å². The van der Waals surface area contributed by atoms with Crippen molar-refractivity contribution in [2.75, 3.05) is 26.6 Å². The molecule has 2 aromatic carbocycles. The molecule has 0 saturated heterocycles. The lowest BCUT2D eigenvalue weighted by Gasteiger charge is -2.11. The van der Waals surface area contributed by atoms with Crippen molar-refractivity contribution in [2.24, 2.45) is 10.7 Å². The van der Waals surface area contributed by atoms with Gasteiger partial charge < -0.3 is 25.3 Å². The molecule has 0 radical (unpaired) electrons. The van der Waals surface area contributed by atoms with Crippen LogP contribution < -0.4 is 25.3 Å². The number of nitrogens with zero attached hydrogens (tertiary/aromatic N) is 1. The molecule has 0 spiro atoms. The summed E-state index contributed by atoms with van der Waals surface area (Å²) in [7, 11) is 4.82. The molecule has 0 atom stereocenters. The highest BCUT2D eigenvalue weighted by atomic mass is 79.9. The molecule has 0 aliphatic heterocycles. The number of ether oxygens (including phenoxy) is 3. The second-order valence-corrected chi connectivity index (χ2v) is 5.71. The average Bonchev–Trinajstić information content (AvgIpc) is 2.61. The van der Waals surface area contributed by atoms with Crippen LogP contribution in [0.15, 0.2) is 45.9 Å². The van der Waals surface area contributed by atoms with Crippen molar-refractivity contribution < 1.29 is 14.2 Å². The Hall–Kier alpha value is -2.41. The smallest absolute Gasteiger partial charge is 0.193 e. The topological polar surface area (TPSA) is 78.1 Å². The third kappa shape index (κ3) is 4.55. The SMILES string of the molecule is COc1ccc(NC(N)=NCc2cc(OC)c(OC)cc2Br)cc1. The fourth-order valence-corrected chi connectivity index (χ4v) is 2.50. The Labute approximate surface area is 149 Å². The Kier molecular flexibility index (Phi) is 6.31. The van der Waals surface area contributed by atoms with Gasteiger partial charge in [0.15, 0.2) is 17.5 Å². The highest BCUT2D eigenvalue weighted by Crippen LogP contribution is 2.33. The first-order valence-corrected chi connectivity index (χ1v) is 7.98. The van der Waals surface area contributed by atoms with Gasteiger partial charge in [-0.15, -0.1) is 0 Å². The minimum absolute atomic E-state index is 0.321.